The van der Waals surface area contributed by atoms with Gasteiger partial charge in [0, 0.05) is 13.6 Å². The van der Waals surface area contributed by atoms with Crippen molar-refractivity contribution in [3.8, 4) is 0 Å². The number of amides is 2. The first-order valence-electron chi connectivity index (χ1n) is 11.8. The second kappa shape index (κ2) is 11.4. The molecule has 0 heterocycles. The number of rotatable bonds is 9. The number of hydrogen-bond donors (Lipinski definition) is 1. The second-order valence-electron chi connectivity index (χ2n) is 8.96. The lowest BCUT2D eigenvalue weighted by Crippen LogP contribution is -2.50. The molecule has 3 rings (SSSR count). The van der Waals surface area contributed by atoms with Crippen LogP contribution in [0.1, 0.15) is 29.2 Å². The summed E-state index contributed by atoms with van der Waals surface area (Å²) in [6, 6.07) is 20.4. The molecule has 7 nitrogen and oxygen atoms in total. The maximum Gasteiger partial charge on any atom is 0.264 e. The van der Waals surface area contributed by atoms with E-state index in [1.165, 1.54) is 24.1 Å². The van der Waals surface area contributed by atoms with Crippen LogP contribution in [0.3, 0.4) is 0 Å². The number of nitrogens with one attached hydrogen (secondary N) is 1. The predicted octanol–water partition coefficient (Wildman–Crippen LogP) is 3.97. The number of likely N-dealkylation sites (N-methyl/N-ethyl adjacent to an activating group) is 1. The topological polar surface area (TPSA) is 86.8 Å². The summed E-state index contributed by atoms with van der Waals surface area (Å²) in [7, 11) is -2.55. The summed E-state index contributed by atoms with van der Waals surface area (Å²) in [6.45, 7) is 7.04. The molecule has 0 radical (unpaired) electrons. The van der Waals surface area contributed by atoms with Crippen molar-refractivity contribution in [2.75, 3.05) is 17.9 Å². The van der Waals surface area contributed by atoms with Crippen LogP contribution in [-0.2, 0) is 26.2 Å². The van der Waals surface area contributed by atoms with E-state index in [2.05, 4.69) is 5.32 Å². The third kappa shape index (κ3) is 6.31. The van der Waals surface area contributed by atoms with Gasteiger partial charge in [-0.15, -0.1) is 0 Å². The molecule has 190 valence electrons. The summed E-state index contributed by atoms with van der Waals surface area (Å²) in [5.41, 5.74) is 4.04. The summed E-state index contributed by atoms with van der Waals surface area (Å²) in [5, 5.41) is 2.59. The number of carbonyl (C=O) groups is 2. The SMILES string of the molecule is CNC(=O)[C@@H](C)N(Cc1cccc(C)c1)C(=O)CN(c1cccc(C)c1)S(=O)(=O)c1ccc(C)cc1. The molecule has 1 N–H and O–H groups in total. The largest absolute Gasteiger partial charge is 0.357 e. The lowest BCUT2D eigenvalue weighted by Gasteiger charge is -2.32. The molecule has 1 atom stereocenters. The fraction of sp³-hybridized carbons (Fsp3) is 0.286. The van der Waals surface area contributed by atoms with Gasteiger partial charge >= 0.3 is 0 Å². The molecule has 0 saturated carbocycles. The van der Waals surface area contributed by atoms with Crippen molar-refractivity contribution in [2.24, 2.45) is 0 Å². The highest BCUT2D eigenvalue weighted by Crippen LogP contribution is 2.25. The first-order valence-corrected chi connectivity index (χ1v) is 13.2. The maximum atomic E-state index is 13.8. The number of hydrogen-bond acceptors (Lipinski definition) is 4. The number of anilines is 1. The van der Waals surface area contributed by atoms with Gasteiger partial charge in [0.25, 0.3) is 10.0 Å². The van der Waals surface area contributed by atoms with Crippen LogP contribution in [0.4, 0.5) is 5.69 Å². The van der Waals surface area contributed by atoms with Gasteiger partial charge in [0.05, 0.1) is 10.6 Å². The molecule has 0 unspecified atom stereocenters. The molecule has 3 aromatic carbocycles. The zero-order chi connectivity index (χ0) is 26.5. The Morgan fingerprint density at radius 2 is 1.47 bits per heavy atom. The number of aryl methyl sites for hydroxylation is 3. The Balaban J connectivity index is 2.03. The third-order valence-corrected chi connectivity index (χ3v) is 7.81. The van der Waals surface area contributed by atoms with E-state index in [-0.39, 0.29) is 17.3 Å². The number of nitrogens with zero attached hydrogens (tertiary/aromatic N) is 2. The monoisotopic (exact) mass is 507 g/mol. The average Bonchev–Trinajstić information content (AvgIpc) is 2.85. The van der Waals surface area contributed by atoms with Crippen molar-refractivity contribution in [1.29, 1.82) is 0 Å². The lowest BCUT2D eigenvalue weighted by atomic mass is 10.1. The molecular weight excluding hydrogens is 474 g/mol. The Bertz CT molecular complexity index is 1340. The van der Waals surface area contributed by atoms with Crippen LogP contribution in [-0.4, -0.2) is 44.8 Å². The quantitative estimate of drug-likeness (QED) is 0.475. The van der Waals surface area contributed by atoms with E-state index >= 15 is 0 Å². The fourth-order valence-corrected chi connectivity index (χ4v) is 5.35. The van der Waals surface area contributed by atoms with Crippen LogP contribution in [0, 0.1) is 20.8 Å². The standard InChI is InChI=1S/C28H33N3O4S/c1-20-12-14-26(15-13-20)36(34,35)31(25-11-7-9-22(3)17-25)19-27(32)30(23(4)28(33)29-5)18-24-10-6-8-21(2)16-24/h6-17,23H,18-19H2,1-5H3,(H,29,33)/t23-/m1/s1. The van der Waals surface area contributed by atoms with Gasteiger partial charge in [0.15, 0.2) is 0 Å². The second-order valence-corrected chi connectivity index (χ2v) is 10.8. The van der Waals surface area contributed by atoms with Gasteiger partial charge in [0.2, 0.25) is 11.8 Å². The van der Waals surface area contributed by atoms with Crippen molar-refractivity contribution >= 4 is 27.5 Å². The van der Waals surface area contributed by atoms with Gasteiger partial charge < -0.3 is 10.2 Å². The third-order valence-electron chi connectivity index (χ3n) is 6.03. The summed E-state index contributed by atoms with van der Waals surface area (Å²) in [6.07, 6.45) is 0. The first kappa shape index (κ1) is 26.9. The van der Waals surface area contributed by atoms with E-state index in [9.17, 15) is 18.0 Å². The first-order chi connectivity index (χ1) is 17.0. The minimum Gasteiger partial charge on any atom is -0.357 e. The van der Waals surface area contributed by atoms with Gasteiger partial charge in [-0.05, 0) is 63.1 Å². The van der Waals surface area contributed by atoms with Crippen LogP contribution >= 0.6 is 0 Å². The Labute approximate surface area is 213 Å². The van der Waals surface area contributed by atoms with Crippen LogP contribution < -0.4 is 9.62 Å². The number of carbonyl (C=O) groups excluding carboxylic acids is 2. The van der Waals surface area contributed by atoms with Gasteiger partial charge in [-0.1, -0.05) is 59.7 Å². The zero-order valence-electron chi connectivity index (χ0n) is 21.4. The van der Waals surface area contributed by atoms with E-state index in [0.717, 1.165) is 26.6 Å². The molecule has 0 bridgehead atoms. The molecule has 0 aliphatic heterocycles. The Morgan fingerprint density at radius 1 is 0.861 bits per heavy atom. The van der Waals surface area contributed by atoms with Crippen molar-refractivity contribution in [1.82, 2.24) is 10.2 Å². The summed E-state index contributed by atoms with van der Waals surface area (Å²) in [5.74, 6) is -0.815. The Kier molecular flexibility index (Phi) is 8.53. The normalized spacial score (nSPS) is 12.0. The van der Waals surface area contributed by atoms with E-state index in [1.807, 2.05) is 51.1 Å². The van der Waals surface area contributed by atoms with Crippen LogP contribution in [0.25, 0.3) is 0 Å². The highest BCUT2D eigenvalue weighted by molar-refractivity contribution is 7.92. The van der Waals surface area contributed by atoms with E-state index in [4.69, 9.17) is 0 Å². The zero-order valence-corrected chi connectivity index (χ0v) is 22.2. The average molecular weight is 508 g/mol. The molecule has 0 fully saturated rings. The van der Waals surface area contributed by atoms with Crippen molar-refractivity contribution < 1.29 is 18.0 Å². The molecule has 0 aliphatic rings. The number of benzene rings is 3. The summed E-state index contributed by atoms with van der Waals surface area (Å²) >= 11 is 0. The molecular formula is C28H33N3O4S. The molecule has 2 amide bonds. The minimum absolute atomic E-state index is 0.0898. The summed E-state index contributed by atoms with van der Waals surface area (Å²) < 4.78 is 28.6. The van der Waals surface area contributed by atoms with E-state index in [1.54, 1.807) is 37.3 Å². The molecule has 0 spiro atoms. The molecule has 0 aromatic heterocycles. The van der Waals surface area contributed by atoms with Gasteiger partial charge in [-0.25, -0.2) is 8.42 Å². The maximum absolute atomic E-state index is 13.8. The molecule has 8 heteroatoms. The fourth-order valence-electron chi connectivity index (χ4n) is 3.95. The van der Waals surface area contributed by atoms with Crippen LogP contribution in [0.15, 0.2) is 77.7 Å². The Hall–Kier alpha value is -3.65. The predicted molar refractivity (Wildman–Crippen MR) is 142 cm³/mol. The van der Waals surface area contributed by atoms with Crippen molar-refractivity contribution in [2.45, 2.75) is 45.2 Å². The van der Waals surface area contributed by atoms with Crippen molar-refractivity contribution in [3.05, 3.63) is 95.1 Å². The van der Waals surface area contributed by atoms with Gasteiger partial charge in [-0.3, -0.25) is 13.9 Å². The van der Waals surface area contributed by atoms with Gasteiger partial charge in [0.1, 0.15) is 12.6 Å². The van der Waals surface area contributed by atoms with E-state index in [0.29, 0.717) is 5.69 Å². The van der Waals surface area contributed by atoms with Crippen molar-refractivity contribution in [3.63, 3.8) is 0 Å². The van der Waals surface area contributed by atoms with Crippen LogP contribution in [0.5, 0.6) is 0 Å². The van der Waals surface area contributed by atoms with E-state index < -0.39 is 28.5 Å². The highest BCUT2D eigenvalue weighted by Gasteiger charge is 2.32. The van der Waals surface area contributed by atoms with Crippen LogP contribution in [0.2, 0.25) is 0 Å². The Morgan fingerprint density at radius 3 is 2.06 bits per heavy atom. The molecule has 36 heavy (non-hydrogen) atoms. The smallest absolute Gasteiger partial charge is 0.264 e. The molecule has 0 aliphatic carbocycles. The molecule has 0 saturated heterocycles. The highest BCUT2D eigenvalue weighted by atomic mass is 32.2. The van der Waals surface area contributed by atoms with Gasteiger partial charge in [-0.2, -0.15) is 0 Å². The lowest BCUT2D eigenvalue weighted by molar-refractivity contribution is -0.139. The molecule has 3 aromatic rings. The minimum atomic E-state index is -4.06. The number of sulfonamides is 1. The summed E-state index contributed by atoms with van der Waals surface area (Å²) in [4.78, 5) is 27.8.